The third kappa shape index (κ3) is 2.07. The molecule has 2 rings (SSSR count). The van der Waals surface area contributed by atoms with E-state index in [9.17, 15) is 4.39 Å². The average Bonchev–Trinajstić information content (AvgIpc) is 2.69. The minimum atomic E-state index is -0.166. The van der Waals surface area contributed by atoms with Gasteiger partial charge in [0.15, 0.2) is 0 Å². The second kappa shape index (κ2) is 4.34. The molecule has 1 aliphatic carbocycles. The maximum Gasteiger partial charge on any atom is 0.123 e. The molecule has 0 amide bonds. The van der Waals surface area contributed by atoms with E-state index >= 15 is 0 Å². The molecule has 0 aromatic heterocycles. The van der Waals surface area contributed by atoms with Gasteiger partial charge in [0.1, 0.15) is 5.82 Å². The fourth-order valence-corrected chi connectivity index (χ4v) is 2.96. The topological polar surface area (TPSA) is 12.0 Å². The largest absolute Gasteiger partial charge is 0.306 e. The molecule has 0 saturated heterocycles. The van der Waals surface area contributed by atoms with Gasteiger partial charge in [-0.25, -0.2) is 4.39 Å². The Balaban J connectivity index is 2.10. The van der Waals surface area contributed by atoms with E-state index in [0.29, 0.717) is 22.9 Å². The normalized spacial score (nSPS) is 22.8. The summed E-state index contributed by atoms with van der Waals surface area (Å²) in [7, 11) is 0. The van der Waals surface area contributed by atoms with Crippen molar-refractivity contribution in [3.05, 3.63) is 35.6 Å². The average molecular weight is 249 g/mol. The molecule has 100 valence electrons. The zero-order valence-electron chi connectivity index (χ0n) is 12.0. The second-order valence-corrected chi connectivity index (χ2v) is 6.56. The van der Waals surface area contributed by atoms with Crippen LogP contribution < -0.4 is 5.32 Å². The predicted molar refractivity (Wildman–Crippen MR) is 73.9 cm³/mol. The van der Waals surface area contributed by atoms with E-state index in [4.69, 9.17) is 0 Å². The summed E-state index contributed by atoms with van der Waals surface area (Å²) >= 11 is 0. The van der Waals surface area contributed by atoms with Crippen LogP contribution in [0.4, 0.5) is 4.39 Å². The molecule has 0 bridgehead atoms. The van der Waals surface area contributed by atoms with Gasteiger partial charge in [0.05, 0.1) is 0 Å². The molecule has 1 aromatic rings. The maximum atomic E-state index is 13.0. The van der Waals surface area contributed by atoms with Gasteiger partial charge in [0.2, 0.25) is 0 Å². The van der Waals surface area contributed by atoms with Gasteiger partial charge in [-0.2, -0.15) is 0 Å². The van der Waals surface area contributed by atoms with Gasteiger partial charge in [-0.05, 0) is 34.9 Å². The molecule has 1 N–H and O–H groups in total. The molecular weight excluding hydrogens is 225 g/mol. The summed E-state index contributed by atoms with van der Waals surface area (Å²) in [5.74, 6) is -0.166. The Labute approximate surface area is 110 Å². The first kappa shape index (κ1) is 13.5. The summed E-state index contributed by atoms with van der Waals surface area (Å²) < 4.78 is 13.0. The summed E-state index contributed by atoms with van der Waals surface area (Å²) in [4.78, 5) is 0. The molecule has 1 saturated carbocycles. The molecule has 0 radical (unpaired) electrons. The Kier molecular flexibility index (Phi) is 3.26. The first-order chi connectivity index (χ1) is 8.30. The monoisotopic (exact) mass is 249 g/mol. The predicted octanol–water partition coefficient (Wildman–Crippen LogP) is 4.30. The lowest BCUT2D eigenvalue weighted by Crippen LogP contribution is -2.27. The minimum absolute atomic E-state index is 0.166. The van der Waals surface area contributed by atoms with Crippen LogP contribution in [0.15, 0.2) is 24.3 Å². The molecule has 0 heterocycles. The summed E-state index contributed by atoms with van der Waals surface area (Å²) in [5, 5.41) is 3.73. The van der Waals surface area contributed by atoms with Crippen LogP contribution in [-0.2, 0) is 0 Å². The molecule has 1 aliphatic rings. The van der Waals surface area contributed by atoms with Crippen LogP contribution in [-0.4, -0.2) is 6.04 Å². The van der Waals surface area contributed by atoms with Crippen molar-refractivity contribution in [1.82, 2.24) is 5.32 Å². The second-order valence-electron chi connectivity index (χ2n) is 6.56. The molecule has 18 heavy (non-hydrogen) atoms. The maximum absolute atomic E-state index is 13.0. The molecule has 1 atom stereocenters. The molecule has 1 fully saturated rings. The third-order valence-corrected chi connectivity index (χ3v) is 5.07. The smallest absolute Gasteiger partial charge is 0.123 e. The van der Waals surface area contributed by atoms with Crippen molar-refractivity contribution in [3.63, 3.8) is 0 Å². The van der Waals surface area contributed by atoms with Crippen LogP contribution in [0.1, 0.15) is 52.6 Å². The number of nitrogens with one attached hydrogen (secondary N) is 1. The van der Waals surface area contributed by atoms with Crippen LogP contribution in [0.5, 0.6) is 0 Å². The first-order valence-corrected chi connectivity index (χ1v) is 6.82. The van der Waals surface area contributed by atoms with Crippen LogP contribution in [0, 0.1) is 16.6 Å². The lowest BCUT2D eigenvalue weighted by atomic mass is 10.0. The Bertz CT molecular complexity index is 405. The van der Waals surface area contributed by atoms with Crippen LogP contribution >= 0.6 is 0 Å². The first-order valence-electron chi connectivity index (χ1n) is 6.82. The van der Waals surface area contributed by atoms with Crippen molar-refractivity contribution >= 4 is 0 Å². The highest BCUT2D eigenvalue weighted by atomic mass is 19.1. The Hall–Kier alpha value is -0.890. The van der Waals surface area contributed by atoms with Crippen LogP contribution in [0.3, 0.4) is 0 Å². The van der Waals surface area contributed by atoms with Gasteiger partial charge < -0.3 is 5.32 Å². The van der Waals surface area contributed by atoms with Crippen LogP contribution in [0.25, 0.3) is 0 Å². The fourth-order valence-electron chi connectivity index (χ4n) is 2.96. The Morgan fingerprint density at radius 3 is 2.00 bits per heavy atom. The molecule has 0 spiro atoms. The zero-order chi connectivity index (χ0) is 13.6. The molecule has 2 heteroatoms. The van der Waals surface area contributed by atoms with Crippen molar-refractivity contribution in [1.29, 1.82) is 0 Å². The summed E-state index contributed by atoms with van der Waals surface area (Å²) in [5.41, 5.74) is 1.85. The lowest BCUT2D eigenvalue weighted by molar-refractivity contribution is 0.457. The van der Waals surface area contributed by atoms with E-state index in [1.807, 2.05) is 12.1 Å². The van der Waals surface area contributed by atoms with Crippen molar-refractivity contribution in [3.8, 4) is 0 Å². The Morgan fingerprint density at radius 2 is 1.61 bits per heavy atom. The molecule has 1 unspecified atom stereocenters. The number of benzene rings is 1. The Morgan fingerprint density at radius 1 is 1.11 bits per heavy atom. The lowest BCUT2D eigenvalue weighted by Gasteiger charge is -2.19. The highest BCUT2D eigenvalue weighted by Crippen LogP contribution is 2.63. The van der Waals surface area contributed by atoms with Gasteiger partial charge in [-0.3, -0.25) is 0 Å². The minimum Gasteiger partial charge on any atom is -0.306 e. The molecular formula is C16H24FN. The van der Waals surface area contributed by atoms with Crippen molar-refractivity contribution < 1.29 is 4.39 Å². The van der Waals surface area contributed by atoms with Gasteiger partial charge in [0.25, 0.3) is 0 Å². The quantitative estimate of drug-likeness (QED) is 0.839. The van der Waals surface area contributed by atoms with Crippen molar-refractivity contribution in [2.24, 2.45) is 10.8 Å². The summed E-state index contributed by atoms with van der Waals surface area (Å²) in [6, 6.07) is 7.71. The van der Waals surface area contributed by atoms with E-state index < -0.39 is 0 Å². The van der Waals surface area contributed by atoms with E-state index in [0.717, 1.165) is 6.42 Å². The highest BCUT2D eigenvalue weighted by molar-refractivity contribution is 5.24. The van der Waals surface area contributed by atoms with E-state index in [1.54, 1.807) is 12.1 Å². The van der Waals surface area contributed by atoms with Crippen molar-refractivity contribution in [2.45, 2.75) is 53.1 Å². The van der Waals surface area contributed by atoms with Gasteiger partial charge >= 0.3 is 0 Å². The SMILES string of the molecule is CCC(NC1C(C)(C)C1(C)C)c1ccc(F)cc1. The van der Waals surface area contributed by atoms with E-state index in [1.165, 1.54) is 5.56 Å². The fraction of sp³-hybridized carbons (Fsp3) is 0.625. The van der Waals surface area contributed by atoms with Gasteiger partial charge in [-0.1, -0.05) is 46.8 Å². The third-order valence-electron chi connectivity index (χ3n) is 5.07. The standard InChI is InChI=1S/C16H24FN/c1-6-13(11-7-9-12(17)10-8-11)18-14-15(2,3)16(14,4)5/h7-10,13-14,18H,6H2,1-5H3. The molecule has 1 nitrogen and oxygen atoms in total. The zero-order valence-corrected chi connectivity index (χ0v) is 12.0. The number of hydrogen-bond acceptors (Lipinski definition) is 1. The molecule has 1 aromatic carbocycles. The van der Waals surface area contributed by atoms with Gasteiger partial charge in [-0.15, -0.1) is 0 Å². The summed E-state index contributed by atoms with van der Waals surface area (Å²) in [6.45, 7) is 11.4. The number of rotatable bonds is 4. The highest BCUT2D eigenvalue weighted by Gasteiger charge is 2.64. The summed E-state index contributed by atoms with van der Waals surface area (Å²) in [6.07, 6.45) is 1.02. The van der Waals surface area contributed by atoms with E-state index in [-0.39, 0.29) is 5.82 Å². The molecule has 0 aliphatic heterocycles. The van der Waals surface area contributed by atoms with E-state index in [2.05, 4.69) is 39.9 Å². The van der Waals surface area contributed by atoms with Crippen LogP contribution in [0.2, 0.25) is 0 Å². The number of halogens is 1. The number of hydrogen-bond donors (Lipinski definition) is 1. The van der Waals surface area contributed by atoms with Gasteiger partial charge in [0, 0.05) is 12.1 Å². The van der Waals surface area contributed by atoms with Crippen molar-refractivity contribution in [2.75, 3.05) is 0 Å².